The van der Waals surface area contributed by atoms with Crippen LogP contribution in [0.4, 0.5) is 14.5 Å². The Morgan fingerprint density at radius 2 is 1.50 bits per heavy atom. The van der Waals surface area contributed by atoms with E-state index in [0.717, 1.165) is 12.1 Å². The van der Waals surface area contributed by atoms with E-state index in [1.807, 2.05) is 13.8 Å². The van der Waals surface area contributed by atoms with Crippen molar-refractivity contribution >= 4 is 17.5 Å². The van der Waals surface area contributed by atoms with Crippen LogP contribution in [0.25, 0.3) is 0 Å². The van der Waals surface area contributed by atoms with Crippen molar-refractivity contribution in [3.05, 3.63) is 65.2 Å². The van der Waals surface area contributed by atoms with Crippen LogP contribution in [-0.2, 0) is 0 Å². The number of hydrogen-bond acceptors (Lipinski definition) is 2. The topological polar surface area (TPSA) is 58.2 Å². The highest BCUT2D eigenvalue weighted by Gasteiger charge is 2.10. The fourth-order valence-corrected chi connectivity index (χ4v) is 1.95. The van der Waals surface area contributed by atoms with Gasteiger partial charge in [0.15, 0.2) is 11.6 Å². The lowest BCUT2D eigenvalue weighted by molar-refractivity contribution is 0.0947. The molecule has 0 aromatic heterocycles. The van der Waals surface area contributed by atoms with Crippen LogP contribution in [0, 0.1) is 17.6 Å². The van der Waals surface area contributed by atoms with Gasteiger partial charge in [-0.2, -0.15) is 0 Å². The Balaban J connectivity index is 2.02. The maximum atomic E-state index is 13.1. The summed E-state index contributed by atoms with van der Waals surface area (Å²) < 4.78 is 26.0. The molecule has 0 spiro atoms. The summed E-state index contributed by atoms with van der Waals surface area (Å²) in [5, 5.41) is 5.25. The van der Waals surface area contributed by atoms with Gasteiger partial charge in [0, 0.05) is 29.4 Å². The molecule has 2 aromatic rings. The average Bonchev–Trinajstić information content (AvgIpc) is 2.56. The van der Waals surface area contributed by atoms with E-state index in [4.69, 9.17) is 0 Å². The second-order valence-corrected chi connectivity index (χ2v) is 5.76. The van der Waals surface area contributed by atoms with Gasteiger partial charge in [0.25, 0.3) is 11.8 Å². The van der Waals surface area contributed by atoms with Crippen LogP contribution in [0.1, 0.15) is 34.6 Å². The quantitative estimate of drug-likeness (QED) is 0.879. The summed E-state index contributed by atoms with van der Waals surface area (Å²) in [4.78, 5) is 24.0. The lowest BCUT2D eigenvalue weighted by Crippen LogP contribution is -2.27. The maximum absolute atomic E-state index is 13.1. The van der Waals surface area contributed by atoms with Crippen molar-refractivity contribution in [2.45, 2.75) is 13.8 Å². The molecule has 0 unspecified atom stereocenters. The second-order valence-electron chi connectivity index (χ2n) is 5.76. The maximum Gasteiger partial charge on any atom is 0.255 e. The number of anilines is 1. The van der Waals surface area contributed by atoms with Gasteiger partial charge < -0.3 is 10.6 Å². The van der Waals surface area contributed by atoms with E-state index in [1.165, 1.54) is 30.3 Å². The molecule has 0 atom stereocenters. The molecule has 0 aliphatic carbocycles. The number of amides is 2. The third-order valence-corrected chi connectivity index (χ3v) is 3.26. The smallest absolute Gasteiger partial charge is 0.255 e. The highest BCUT2D eigenvalue weighted by atomic mass is 19.2. The molecule has 0 bridgehead atoms. The fourth-order valence-electron chi connectivity index (χ4n) is 1.95. The van der Waals surface area contributed by atoms with E-state index in [2.05, 4.69) is 10.6 Å². The molecule has 0 saturated carbocycles. The molecule has 2 amide bonds. The van der Waals surface area contributed by atoms with E-state index in [0.29, 0.717) is 23.6 Å². The minimum Gasteiger partial charge on any atom is -0.352 e. The summed E-state index contributed by atoms with van der Waals surface area (Å²) in [6.45, 7) is 4.55. The number of hydrogen-bond donors (Lipinski definition) is 2. The Bertz CT molecular complexity index is 743. The van der Waals surface area contributed by atoms with Crippen molar-refractivity contribution in [2.24, 2.45) is 5.92 Å². The molecular formula is C18H18F2N2O2. The molecule has 0 saturated heterocycles. The standard InChI is InChI=1S/C18H18F2N2O2/c1-11(2)10-21-17(23)12-3-5-13(6-4-12)18(24)22-14-7-8-15(19)16(20)9-14/h3-9,11H,10H2,1-2H3,(H,21,23)(H,22,24). The predicted molar refractivity (Wildman–Crippen MR) is 87.9 cm³/mol. The SMILES string of the molecule is CC(C)CNC(=O)c1ccc(C(=O)Nc2ccc(F)c(F)c2)cc1. The van der Waals surface area contributed by atoms with Gasteiger partial charge in [-0.05, 0) is 42.3 Å². The Morgan fingerprint density at radius 3 is 2.04 bits per heavy atom. The summed E-state index contributed by atoms with van der Waals surface area (Å²) in [6.07, 6.45) is 0. The first-order valence-electron chi connectivity index (χ1n) is 7.51. The second kappa shape index (κ2) is 7.68. The third-order valence-electron chi connectivity index (χ3n) is 3.26. The minimum atomic E-state index is -1.04. The van der Waals surface area contributed by atoms with Gasteiger partial charge in [-0.1, -0.05) is 13.8 Å². The fraction of sp³-hybridized carbons (Fsp3) is 0.222. The summed E-state index contributed by atoms with van der Waals surface area (Å²) >= 11 is 0. The molecule has 0 heterocycles. The van der Waals surface area contributed by atoms with E-state index in [9.17, 15) is 18.4 Å². The van der Waals surface area contributed by atoms with E-state index in [1.54, 1.807) is 0 Å². The van der Waals surface area contributed by atoms with Gasteiger partial charge in [-0.15, -0.1) is 0 Å². The number of carbonyl (C=O) groups is 2. The van der Waals surface area contributed by atoms with Gasteiger partial charge in [-0.3, -0.25) is 9.59 Å². The molecular weight excluding hydrogens is 314 g/mol. The van der Waals surface area contributed by atoms with Crippen molar-refractivity contribution in [3.8, 4) is 0 Å². The van der Waals surface area contributed by atoms with Crippen LogP contribution in [0.5, 0.6) is 0 Å². The van der Waals surface area contributed by atoms with Crippen molar-refractivity contribution in [1.82, 2.24) is 5.32 Å². The van der Waals surface area contributed by atoms with E-state index >= 15 is 0 Å². The molecule has 0 fully saturated rings. The van der Waals surface area contributed by atoms with E-state index < -0.39 is 17.5 Å². The first-order valence-corrected chi connectivity index (χ1v) is 7.51. The molecule has 2 aromatic carbocycles. The Hall–Kier alpha value is -2.76. The van der Waals surface area contributed by atoms with Crippen LogP contribution >= 0.6 is 0 Å². The molecule has 2 rings (SSSR count). The number of halogens is 2. The zero-order chi connectivity index (χ0) is 17.7. The summed E-state index contributed by atoms with van der Waals surface area (Å²) in [5.74, 6) is -2.36. The summed E-state index contributed by atoms with van der Waals surface area (Å²) in [7, 11) is 0. The monoisotopic (exact) mass is 332 g/mol. The predicted octanol–water partition coefficient (Wildman–Crippen LogP) is 3.60. The van der Waals surface area contributed by atoms with Crippen molar-refractivity contribution in [2.75, 3.05) is 11.9 Å². The Morgan fingerprint density at radius 1 is 0.917 bits per heavy atom. The van der Waals surface area contributed by atoms with Crippen molar-refractivity contribution in [3.63, 3.8) is 0 Å². The molecule has 0 radical (unpaired) electrons. The van der Waals surface area contributed by atoms with Crippen LogP contribution in [0.2, 0.25) is 0 Å². The number of benzene rings is 2. The van der Waals surface area contributed by atoms with E-state index in [-0.39, 0.29) is 11.6 Å². The normalized spacial score (nSPS) is 10.5. The Kier molecular flexibility index (Phi) is 5.63. The zero-order valence-corrected chi connectivity index (χ0v) is 13.4. The van der Waals surface area contributed by atoms with Crippen LogP contribution in [0.15, 0.2) is 42.5 Å². The minimum absolute atomic E-state index is 0.151. The summed E-state index contributed by atoms with van der Waals surface area (Å²) in [6, 6.07) is 9.18. The molecule has 0 aliphatic heterocycles. The van der Waals surface area contributed by atoms with Gasteiger partial charge in [0.1, 0.15) is 0 Å². The Labute approximate surface area is 138 Å². The highest BCUT2D eigenvalue weighted by Crippen LogP contribution is 2.14. The van der Waals surface area contributed by atoms with Crippen LogP contribution < -0.4 is 10.6 Å². The molecule has 4 nitrogen and oxygen atoms in total. The first-order chi connectivity index (χ1) is 11.4. The number of rotatable bonds is 5. The molecule has 0 aliphatic rings. The summed E-state index contributed by atoms with van der Waals surface area (Å²) in [5.41, 5.74) is 0.901. The van der Waals surface area contributed by atoms with Gasteiger partial charge in [0.05, 0.1) is 0 Å². The molecule has 2 N–H and O–H groups in total. The van der Waals surface area contributed by atoms with Gasteiger partial charge >= 0.3 is 0 Å². The molecule has 24 heavy (non-hydrogen) atoms. The van der Waals surface area contributed by atoms with Crippen molar-refractivity contribution < 1.29 is 18.4 Å². The van der Waals surface area contributed by atoms with Crippen LogP contribution in [-0.4, -0.2) is 18.4 Å². The molecule has 126 valence electrons. The molecule has 6 heteroatoms. The zero-order valence-electron chi connectivity index (χ0n) is 13.4. The average molecular weight is 332 g/mol. The van der Waals surface area contributed by atoms with Crippen LogP contribution in [0.3, 0.4) is 0 Å². The number of carbonyl (C=O) groups excluding carboxylic acids is 2. The van der Waals surface area contributed by atoms with Crippen molar-refractivity contribution in [1.29, 1.82) is 0 Å². The third kappa shape index (κ3) is 4.62. The number of nitrogens with one attached hydrogen (secondary N) is 2. The lowest BCUT2D eigenvalue weighted by Gasteiger charge is -2.09. The first kappa shape index (κ1) is 17.6. The largest absolute Gasteiger partial charge is 0.352 e. The van der Waals surface area contributed by atoms with Gasteiger partial charge in [0.2, 0.25) is 0 Å². The highest BCUT2D eigenvalue weighted by molar-refractivity contribution is 6.05. The van der Waals surface area contributed by atoms with Gasteiger partial charge in [-0.25, -0.2) is 8.78 Å². The lowest BCUT2D eigenvalue weighted by atomic mass is 10.1.